The van der Waals surface area contributed by atoms with Gasteiger partial charge in [-0.25, -0.2) is 18.4 Å². The fraction of sp³-hybridized carbons (Fsp3) is 0.273. The number of nitrogens with zero attached hydrogens (tertiary/aromatic N) is 3. The molecule has 0 aliphatic rings. The zero-order chi connectivity index (χ0) is 14.0. The fourth-order valence-corrected chi connectivity index (χ4v) is 3.49. The average molecular weight is 298 g/mol. The van der Waals surface area contributed by atoms with E-state index < -0.39 is 10.0 Å². The zero-order valence-corrected chi connectivity index (χ0v) is 12.2. The number of hydrogen-bond acceptors (Lipinski definition) is 6. The highest BCUT2D eigenvalue weighted by molar-refractivity contribution is 7.89. The predicted octanol–water partition coefficient (Wildman–Crippen LogP) is 1.25. The topological polar surface area (TPSA) is 89.2 Å². The van der Waals surface area contributed by atoms with Crippen LogP contribution >= 0.6 is 11.3 Å². The molecule has 0 aliphatic carbocycles. The summed E-state index contributed by atoms with van der Waals surface area (Å²) in [4.78, 5) is 8.97. The van der Waals surface area contributed by atoms with Crippen LogP contribution in [-0.4, -0.2) is 29.7 Å². The predicted molar refractivity (Wildman–Crippen MR) is 74.2 cm³/mol. The molecular formula is C11H14N4O2S2. The van der Waals surface area contributed by atoms with Gasteiger partial charge in [0.15, 0.2) is 0 Å². The third kappa shape index (κ3) is 2.91. The number of nitrogens with two attached hydrogens (primary N) is 1. The number of nitrogen functional groups attached to an aromatic ring is 1. The molecule has 0 fully saturated rings. The van der Waals surface area contributed by atoms with E-state index in [-0.39, 0.29) is 4.90 Å². The summed E-state index contributed by atoms with van der Waals surface area (Å²) < 4.78 is 25.9. The van der Waals surface area contributed by atoms with Crippen molar-refractivity contribution >= 4 is 27.2 Å². The molecule has 0 atom stereocenters. The monoisotopic (exact) mass is 298 g/mol. The Labute approximate surface area is 116 Å². The summed E-state index contributed by atoms with van der Waals surface area (Å²) in [5, 5.41) is 0. The van der Waals surface area contributed by atoms with Crippen LogP contribution < -0.4 is 5.73 Å². The Morgan fingerprint density at radius 2 is 2.11 bits per heavy atom. The molecule has 19 heavy (non-hydrogen) atoms. The first-order chi connectivity index (χ1) is 8.91. The lowest BCUT2D eigenvalue weighted by Gasteiger charge is -2.16. The average Bonchev–Trinajstić information content (AvgIpc) is 2.75. The molecule has 0 saturated heterocycles. The smallest absolute Gasteiger partial charge is 0.244 e. The summed E-state index contributed by atoms with van der Waals surface area (Å²) in [5.41, 5.74) is 8.00. The van der Waals surface area contributed by atoms with Gasteiger partial charge in [0, 0.05) is 24.7 Å². The fourth-order valence-electron chi connectivity index (χ4n) is 1.49. The number of anilines is 1. The molecule has 6 nitrogen and oxygen atoms in total. The minimum absolute atomic E-state index is 0.131. The van der Waals surface area contributed by atoms with Gasteiger partial charge in [-0.15, -0.1) is 11.3 Å². The molecule has 8 heteroatoms. The van der Waals surface area contributed by atoms with Gasteiger partial charge in [0.05, 0.1) is 11.2 Å². The van der Waals surface area contributed by atoms with Crippen LogP contribution in [0.2, 0.25) is 0 Å². The molecule has 2 N–H and O–H groups in total. The quantitative estimate of drug-likeness (QED) is 0.917. The maximum atomic E-state index is 12.3. The van der Waals surface area contributed by atoms with Gasteiger partial charge < -0.3 is 5.73 Å². The minimum atomic E-state index is -3.55. The maximum absolute atomic E-state index is 12.3. The molecule has 0 amide bonds. The Hall–Kier alpha value is -1.51. The standard InChI is InChI=1S/C11H14N4O2S2/c1-8-10(18-7-14-8)6-15(2)19(16,17)9-3-4-11(12)13-5-9/h3-5,7H,6H2,1-2H3,(H2,12,13). The Morgan fingerprint density at radius 1 is 1.37 bits per heavy atom. The molecular weight excluding hydrogens is 284 g/mol. The minimum Gasteiger partial charge on any atom is -0.384 e. The van der Waals surface area contributed by atoms with Gasteiger partial charge >= 0.3 is 0 Å². The van der Waals surface area contributed by atoms with E-state index in [1.165, 1.54) is 41.0 Å². The normalized spacial score (nSPS) is 11.9. The molecule has 0 unspecified atom stereocenters. The van der Waals surface area contributed by atoms with Crippen molar-refractivity contribution in [3.63, 3.8) is 0 Å². The van der Waals surface area contributed by atoms with Crippen molar-refractivity contribution in [1.29, 1.82) is 0 Å². The number of aromatic nitrogens is 2. The van der Waals surface area contributed by atoms with Crippen LogP contribution in [0.15, 0.2) is 28.7 Å². The van der Waals surface area contributed by atoms with Crippen molar-refractivity contribution in [3.8, 4) is 0 Å². The van der Waals surface area contributed by atoms with Gasteiger partial charge in [-0.3, -0.25) is 0 Å². The Bertz CT molecular complexity index is 664. The zero-order valence-electron chi connectivity index (χ0n) is 10.6. The number of thiazole rings is 1. The Kier molecular flexibility index (Phi) is 3.83. The number of pyridine rings is 1. The number of sulfonamides is 1. The van der Waals surface area contributed by atoms with Crippen LogP contribution in [0.4, 0.5) is 5.82 Å². The first kappa shape index (κ1) is 13.9. The maximum Gasteiger partial charge on any atom is 0.244 e. The molecule has 0 aromatic carbocycles. The molecule has 0 bridgehead atoms. The highest BCUT2D eigenvalue weighted by atomic mass is 32.2. The van der Waals surface area contributed by atoms with Gasteiger partial charge in [-0.2, -0.15) is 4.31 Å². The highest BCUT2D eigenvalue weighted by Crippen LogP contribution is 2.20. The van der Waals surface area contributed by atoms with Crippen LogP contribution in [0, 0.1) is 6.92 Å². The molecule has 102 valence electrons. The number of rotatable bonds is 4. The largest absolute Gasteiger partial charge is 0.384 e. The van der Waals surface area contributed by atoms with Gasteiger partial charge in [0.2, 0.25) is 10.0 Å². The second-order valence-corrected chi connectivity index (χ2v) is 7.02. The van der Waals surface area contributed by atoms with E-state index in [9.17, 15) is 8.42 Å². The van der Waals surface area contributed by atoms with E-state index in [1.54, 1.807) is 5.51 Å². The Morgan fingerprint density at radius 3 is 2.63 bits per heavy atom. The second kappa shape index (κ2) is 5.24. The van der Waals surface area contributed by atoms with Crippen LogP contribution in [0.25, 0.3) is 0 Å². The van der Waals surface area contributed by atoms with Crippen molar-refractivity contribution in [2.24, 2.45) is 0 Å². The van der Waals surface area contributed by atoms with E-state index in [1.807, 2.05) is 6.92 Å². The third-order valence-corrected chi connectivity index (χ3v) is 5.39. The summed E-state index contributed by atoms with van der Waals surface area (Å²) in [5.74, 6) is 0.292. The summed E-state index contributed by atoms with van der Waals surface area (Å²) >= 11 is 1.44. The van der Waals surface area contributed by atoms with E-state index in [4.69, 9.17) is 5.73 Å². The molecule has 2 aromatic heterocycles. The lowest BCUT2D eigenvalue weighted by Crippen LogP contribution is -2.26. The van der Waals surface area contributed by atoms with Gasteiger partial charge in [0.1, 0.15) is 10.7 Å². The van der Waals surface area contributed by atoms with E-state index >= 15 is 0 Å². The number of aryl methyl sites for hydroxylation is 1. The molecule has 0 saturated carbocycles. The molecule has 0 radical (unpaired) electrons. The summed E-state index contributed by atoms with van der Waals surface area (Å²) in [6.07, 6.45) is 1.26. The van der Waals surface area contributed by atoms with Gasteiger partial charge in [-0.05, 0) is 19.1 Å². The van der Waals surface area contributed by atoms with Crippen LogP contribution in [0.5, 0.6) is 0 Å². The molecule has 0 spiro atoms. The van der Waals surface area contributed by atoms with Crippen molar-refractivity contribution in [3.05, 3.63) is 34.4 Å². The number of hydrogen-bond donors (Lipinski definition) is 1. The van der Waals surface area contributed by atoms with Crippen LogP contribution in [-0.2, 0) is 16.6 Å². The lowest BCUT2D eigenvalue weighted by atomic mass is 10.4. The molecule has 0 aliphatic heterocycles. The van der Waals surface area contributed by atoms with Crippen molar-refractivity contribution < 1.29 is 8.42 Å². The van der Waals surface area contributed by atoms with E-state index in [0.717, 1.165) is 10.6 Å². The van der Waals surface area contributed by atoms with Crippen molar-refractivity contribution in [2.75, 3.05) is 12.8 Å². The molecule has 2 aromatic rings. The van der Waals surface area contributed by atoms with Gasteiger partial charge in [-0.1, -0.05) is 0 Å². The molecule has 2 heterocycles. The van der Waals surface area contributed by atoms with E-state index in [0.29, 0.717) is 12.4 Å². The first-order valence-corrected chi connectivity index (χ1v) is 7.80. The Balaban J connectivity index is 2.24. The van der Waals surface area contributed by atoms with Crippen molar-refractivity contribution in [1.82, 2.24) is 14.3 Å². The third-order valence-electron chi connectivity index (χ3n) is 2.68. The second-order valence-electron chi connectivity index (χ2n) is 4.04. The molecule has 2 rings (SSSR count). The summed E-state index contributed by atoms with van der Waals surface area (Å²) in [7, 11) is -2.02. The summed E-state index contributed by atoms with van der Waals surface area (Å²) in [6.45, 7) is 2.15. The van der Waals surface area contributed by atoms with Crippen LogP contribution in [0.1, 0.15) is 10.6 Å². The summed E-state index contributed by atoms with van der Waals surface area (Å²) in [6, 6.07) is 2.92. The first-order valence-electron chi connectivity index (χ1n) is 5.48. The SMILES string of the molecule is Cc1ncsc1CN(C)S(=O)(=O)c1ccc(N)nc1. The van der Waals surface area contributed by atoms with Gasteiger partial charge in [0.25, 0.3) is 0 Å². The van der Waals surface area contributed by atoms with Crippen LogP contribution in [0.3, 0.4) is 0 Å². The van der Waals surface area contributed by atoms with Crippen molar-refractivity contribution in [2.45, 2.75) is 18.4 Å². The highest BCUT2D eigenvalue weighted by Gasteiger charge is 2.22. The lowest BCUT2D eigenvalue weighted by molar-refractivity contribution is 0.468. The van der Waals surface area contributed by atoms with E-state index in [2.05, 4.69) is 9.97 Å².